The van der Waals surface area contributed by atoms with E-state index in [9.17, 15) is 17.6 Å². The number of nitriles is 1. The van der Waals surface area contributed by atoms with Crippen molar-refractivity contribution >= 4 is 16.0 Å². The molecule has 0 aromatic heterocycles. The highest BCUT2D eigenvalue weighted by molar-refractivity contribution is 7.89. The number of benzene rings is 1. The molecule has 1 aromatic rings. The van der Waals surface area contributed by atoms with Gasteiger partial charge in [-0.15, -0.1) is 0 Å². The first kappa shape index (κ1) is 15.4. The van der Waals surface area contributed by atoms with E-state index in [4.69, 9.17) is 15.1 Å². The van der Waals surface area contributed by atoms with E-state index in [0.29, 0.717) is 0 Å². The predicted octanol–water partition coefficient (Wildman–Crippen LogP) is 0.171. The summed E-state index contributed by atoms with van der Waals surface area (Å²) in [7, 11) is -4.15. The van der Waals surface area contributed by atoms with E-state index in [1.54, 1.807) is 6.07 Å². The molecule has 2 rings (SSSR count). The van der Waals surface area contributed by atoms with Crippen molar-refractivity contribution in [2.45, 2.75) is 10.9 Å². The van der Waals surface area contributed by atoms with E-state index in [1.165, 1.54) is 0 Å². The fourth-order valence-corrected chi connectivity index (χ4v) is 3.54. The van der Waals surface area contributed by atoms with Crippen LogP contribution in [0.1, 0.15) is 5.56 Å². The van der Waals surface area contributed by atoms with Crippen LogP contribution in [0, 0.1) is 17.1 Å². The SMILES string of the molecule is N#Cc1cc(S(=O)(=O)N2CCOCC2C(=O)O)ccc1F. The predicted molar refractivity (Wildman–Crippen MR) is 67.2 cm³/mol. The monoisotopic (exact) mass is 314 g/mol. The number of ether oxygens (including phenoxy) is 1. The molecule has 1 fully saturated rings. The first-order valence-electron chi connectivity index (χ1n) is 5.90. The Morgan fingerprint density at radius 1 is 1.52 bits per heavy atom. The number of carboxylic acids is 1. The highest BCUT2D eigenvalue weighted by Crippen LogP contribution is 2.22. The largest absolute Gasteiger partial charge is 0.480 e. The van der Waals surface area contributed by atoms with Gasteiger partial charge in [-0.2, -0.15) is 9.57 Å². The molecule has 1 unspecified atom stereocenters. The number of carbonyl (C=O) groups is 1. The van der Waals surface area contributed by atoms with Crippen molar-refractivity contribution < 1.29 is 27.4 Å². The van der Waals surface area contributed by atoms with Gasteiger partial charge in [0.2, 0.25) is 10.0 Å². The smallest absolute Gasteiger partial charge is 0.324 e. The molecule has 0 spiro atoms. The van der Waals surface area contributed by atoms with Crippen LogP contribution in [0.2, 0.25) is 0 Å². The summed E-state index contributed by atoms with van der Waals surface area (Å²) < 4.78 is 43.9. The van der Waals surface area contributed by atoms with Crippen LogP contribution in [0.15, 0.2) is 23.1 Å². The molecule has 7 nitrogen and oxygen atoms in total. The molecular formula is C12H11FN2O5S. The molecule has 9 heteroatoms. The van der Waals surface area contributed by atoms with Crippen LogP contribution < -0.4 is 0 Å². The van der Waals surface area contributed by atoms with Crippen LogP contribution in [0.4, 0.5) is 4.39 Å². The molecule has 0 radical (unpaired) electrons. The summed E-state index contributed by atoms with van der Waals surface area (Å²) in [4.78, 5) is 10.8. The van der Waals surface area contributed by atoms with Crippen molar-refractivity contribution in [1.82, 2.24) is 4.31 Å². The van der Waals surface area contributed by atoms with Gasteiger partial charge in [0.05, 0.1) is 23.7 Å². The van der Waals surface area contributed by atoms with Crippen LogP contribution in [0.25, 0.3) is 0 Å². The average molecular weight is 314 g/mol. The number of hydrogen-bond donors (Lipinski definition) is 1. The first-order valence-corrected chi connectivity index (χ1v) is 7.34. The van der Waals surface area contributed by atoms with E-state index < -0.39 is 33.4 Å². The molecule has 0 aliphatic carbocycles. The molecule has 112 valence electrons. The molecule has 1 N–H and O–H groups in total. The van der Waals surface area contributed by atoms with Gasteiger partial charge in [0.1, 0.15) is 17.9 Å². The van der Waals surface area contributed by atoms with Gasteiger partial charge in [0.25, 0.3) is 0 Å². The third-order valence-corrected chi connectivity index (χ3v) is 4.93. The number of sulfonamides is 1. The standard InChI is InChI=1S/C12H11FN2O5S/c13-10-2-1-9(5-8(10)6-14)21(18,19)15-3-4-20-7-11(15)12(16)17/h1-2,5,11H,3-4,7H2,(H,16,17). The third-order valence-electron chi connectivity index (χ3n) is 3.03. The van der Waals surface area contributed by atoms with Crippen molar-refractivity contribution in [2.24, 2.45) is 0 Å². The minimum atomic E-state index is -4.15. The number of carboxylic acid groups (broad SMARTS) is 1. The number of hydrogen-bond acceptors (Lipinski definition) is 5. The molecule has 0 saturated carbocycles. The van der Waals surface area contributed by atoms with Gasteiger partial charge < -0.3 is 9.84 Å². The Labute approximate surface area is 120 Å². The lowest BCUT2D eigenvalue weighted by molar-refractivity contribution is -0.146. The van der Waals surface area contributed by atoms with Crippen LogP contribution in [0.3, 0.4) is 0 Å². The quantitative estimate of drug-likeness (QED) is 0.852. The molecule has 0 amide bonds. The minimum absolute atomic E-state index is 0.0648. The molecule has 21 heavy (non-hydrogen) atoms. The summed E-state index contributed by atoms with van der Waals surface area (Å²) in [6.07, 6.45) is 0. The molecule has 0 bridgehead atoms. The van der Waals surface area contributed by atoms with Crippen LogP contribution in [-0.2, 0) is 19.6 Å². The maximum absolute atomic E-state index is 13.3. The van der Waals surface area contributed by atoms with Crippen LogP contribution in [0.5, 0.6) is 0 Å². The highest BCUT2D eigenvalue weighted by atomic mass is 32.2. The maximum Gasteiger partial charge on any atom is 0.324 e. The fraction of sp³-hybridized carbons (Fsp3) is 0.333. The van der Waals surface area contributed by atoms with Crippen LogP contribution >= 0.6 is 0 Å². The van der Waals surface area contributed by atoms with E-state index in [1.807, 2.05) is 0 Å². The Hall–Kier alpha value is -2.02. The Bertz CT molecular complexity index is 713. The summed E-state index contributed by atoms with van der Waals surface area (Å²) in [6.45, 7) is -0.325. The Morgan fingerprint density at radius 2 is 2.24 bits per heavy atom. The topological polar surface area (TPSA) is 108 Å². The number of nitrogens with zero attached hydrogens (tertiary/aromatic N) is 2. The lowest BCUT2D eigenvalue weighted by Gasteiger charge is -2.31. The Kier molecular flexibility index (Phi) is 4.22. The van der Waals surface area contributed by atoms with Gasteiger partial charge in [-0.25, -0.2) is 12.8 Å². The van der Waals surface area contributed by atoms with Gasteiger partial charge in [-0.05, 0) is 18.2 Å². The van der Waals surface area contributed by atoms with E-state index in [0.717, 1.165) is 22.5 Å². The number of aliphatic carboxylic acids is 1. The summed E-state index contributed by atoms with van der Waals surface area (Å²) >= 11 is 0. The van der Waals surface area contributed by atoms with Crippen molar-refractivity contribution in [3.8, 4) is 6.07 Å². The second-order valence-corrected chi connectivity index (χ2v) is 6.19. The second-order valence-electron chi connectivity index (χ2n) is 4.30. The Morgan fingerprint density at radius 3 is 2.86 bits per heavy atom. The van der Waals surface area contributed by atoms with Crippen molar-refractivity contribution in [3.05, 3.63) is 29.6 Å². The summed E-state index contributed by atoms with van der Waals surface area (Å²) in [5, 5.41) is 17.8. The first-order chi connectivity index (χ1) is 9.87. The van der Waals surface area contributed by atoms with E-state index in [2.05, 4.69) is 0 Å². The van der Waals surface area contributed by atoms with Crippen molar-refractivity contribution in [1.29, 1.82) is 5.26 Å². The zero-order valence-corrected chi connectivity index (χ0v) is 11.5. The van der Waals surface area contributed by atoms with Crippen molar-refractivity contribution in [2.75, 3.05) is 19.8 Å². The van der Waals surface area contributed by atoms with E-state index in [-0.39, 0.29) is 24.7 Å². The van der Waals surface area contributed by atoms with Gasteiger partial charge in [0.15, 0.2) is 0 Å². The van der Waals surface area contributed by atoms with E-state index >= 15 is 0 Å². The molecule has 1 atom stereocenters. The summed E-state index contributed by atoms with van der Waals surface area (Å²) in [5.41, 5.74) is -0.420. The second kappa shape index (κ2) is 5.77. The molecule has 1 aliphatic heterocycles. The normalized spacial score (nSPS) is 19.9. The lowest BCUT2D eigenvalue weighted by Crippen LogP contribution is -2.52. The number of halogens is 1. The third kappa shape index (κ3) is 2.87. The van der Waals surface area contributed by atoms with Gasteiger partial charge in [-0.3, -0.25) is 4.79 Å². The molecule has 1 aliphatic rings. The molecule has 1 saturated heterocycles. The molecule has 1 aromatic carbocycles. The lowest BCUT2D eigenvalue weighted by atomic mass is 10.2. The fourth-order valence-electron chi connectivity index (χ4n) is 1.96. The number of morpholine rings is 1. The van der Waals surface area contributed by atoms with Gasteiger partial charge in [-0.1, -0.05) is 0 Å². The summed E-state index contributed by atoms with van der Waals surface area (Å²) in [5.74, 6) is -2.17. The van der Waals surface area contributed by atoms with Gasteiger partial charge >= 0.3 is 5.97 Å². The van der Waals surface area contributed by atoms with Gasteiger partial charge in [0, 0.05) is 6.54 Å². The highest BCUT2D eigenvalue weighted by Gasteiger charge is 2.38. The number of rotatable bonds is 3. The summed E-state index contributed by atoms with van der Waals surface area (Å²) in [6, 6.07) is 2.95. The average Bonchev–Trinajstić information content (AvgIpc) is 2.47. The molecular weight excluding hydrogens is 303 g/mol. The zero-order valence-electron chi connectivity index (χ0n) is 10.7. The maximum atomic E-state index is 13.3. The van der Waals surface area contributed by atoms with Crippen molar-refractivity contribution in [3.63, 3.8) is 0 Å². The van der Waals surface area contributed by atoms with Crippen LogP contribution in [-0.4, -0.2) is 49.6 Å². The molecule has 1 heterocycles. The minimum Gasteiger partial charge on any atom is -0.480 e. The zero-order chi connectivity index (χ0) is 15.6. The Balaban J connectivity index is 2.46.